The smallest absolute Gasteiger partial charge is 0.123 e. The van der Waals surface area contributed by atoms with Crippen molar-refractivity contribution >= 4 is 11.3 Å². The molecule has 0 aliphatic heterocycles. The Morgan fingerprint density at radius 3 is 3.11 bits per heavy atom. The summed E-state index contributed by atoms with van der Waals surface area (Å²) in [6.45, 7) is 0.937. The summed E-state index contributed by atoms with van der Waals surface area (Å²) in [5, 5.41) is 4.56. The number of ether oxygens (including phenoxy) is 1. The molecule has 1 aliphatic carbocycles. The molecule has 1 fully saturated rings. The Kier molecular flexibility index (Phi) is 3.30. The van der Waals surface area contributed by atoms with E-state index in [1.807, 2.05) is 24.4 Å². The first-order chi connectivity index (χ1) is 8.85. The van der Waals surface area contributed by atoms with E-state index in [0.717, 1.165) is 28.9 Å². The van der Waals surface area contributed by atoms with Crippen molar-refractivity contribution < 1.29 is 4.74 Å². The number of nitrogens with one attached hydrogen (secondary N) is 1. The summed E-state index contributed by atoms with van der Waals surface area (Å²) in [6.07, 6.45) is 4.61. The molecule has 0 radical (unpaired) electrons. The number of thiazole rings is 1. The van der Waals surface area contributed by atoms with Gasteiger partial charge in [-0.2, -0.15) is 0 Å². The van der Waals surface area contributed by atoms with Gasteiger partial charge in [0.15, 0.2) is 0 Å². The fourth-order valence-corrected chi connectivity index (χ4v) is 2.67. The molecule has 18 heavy (non-hydrogen) atoms. The fraction of sp³-hybridized carbons (Fsp3) is 0.357. The van der Waals surface area contributed by atoms with E-state index in [1.165, 1.54) is 17.7 Å². The molecule has 0 bridgehead atoms. The Morgan fingerprint density at radius 2 is 2.33 bits per heavy atom. The molecule has 1 aromatic heterocycles. The van der Waals surface area contributed by atoms with Crippen LogP contribution in [0.2, 0.25) is 0 Å². The van der Waals surface area contributed by atoms with Gasteiger partial charge < -0.3 is 10.1 Å². The second-order valence-corrected chi connectivity index (χ2v) is 5.63. The normalized spacial score (nSPS) is 14.7. The van der Waals surface area contributed by atoms with Crippen LogP contribution < -0.4 is 10.1 Å². The first-order valence-electron chi connectivity index (χ1n) is 6.17. The van der Waals surface area contributed by atoms with Crippen LogP contribution in [-0.2, 0) is 6.54 Å². The van der Waals surface area contributed by atoms with Crippen LogP contribution in [0, 0.1) is 0 Å². The molecular formula is C14H16N2OS. The molecule has 1 N–H and O–H groups in total. The predicted octanol–water partition coefficient (Wildman–Crippen LogP) is 3.07. The summed E-state index contributed by atoms with van der Waals surface area (Å²) >= 11 is 1.75. The third-order valence-corrected chi connectivity index (χ3v) is 4.06. The lowest BCUT2D eigenvalue weighted by atomic mass is 10.2. The highest BCUT2D eigenvalue weighted by atomic mass is 32.1. The highest BCUT2D eigenvalue weighted by molar-refractivity contribution is 7.15. The summed E-state index contributed by atoms with van der Waals surface area (Å²) in [5.41, 5.74) is 1.12. The average molecular weight is 260 g/mol. The third kappa shape index (κ3) is 2.71. The fourth-order valence-electron chi connectivity index (χ4n) is 1.81. The number of methoxy groups -OCH3 is 1. The zero-order valence-corrected chi connectivity index (χ0v) is 11.2. The molecule has 4 heteroatoms. The molecule has 2 aromatic rings. The van der Waals surface area contributed by atoms with E-state index in [2.05, 4.69) is 16.4 Å². The monoisotopic (exact) mass is 260 g/mol. The average Bonchev–Trinajstić information content (AvgIpc) is 3.13. The highest BCUT2D eigenvalue weighted by Gasteiger charge is 2.20. The van der Waals surface area contributed by atoms with Crippen LogP contribution in [0.5, 0.6) is 5.75 Å². The molecule has 0 amide bonds. The molecule has 1 heterocycles. The summed E-state index contributed by atoms with van der Waals surface area (Å²) < 4.78 is 5.23. The topological polar surface area (TPSA) is 34.1 Å². The third-order valence-electron chi connectivity index (χ3n) is 3.01. The van der Waals surface area contributed by atoms with Crippen molar-refractivity contribution in [2.75, 3.05) is 7.11 Å². The van der Waals surface area contributed by atoms with Gasteiger partial charge in [0.05, 0.1) is 7.11 Å². The van der Waals surface area contributed by atoms with Gasteiger partial charge in [-0.1, -0.05) is 12.1 Å². The van der Waals surface area contributed by atoms with Gasteiger partial charge in [-0.25, -0.2) is 4.98 Å². The van der Waals surface area contributed by atoms with Gasteiger partial charge in [-0.05, 0) is 25.0 Å². The SMILES string of the molecule is COc1cccc(-c2ncc(CNC3CC3)s2)c1. The van der Waals surface area contributed by atoms with E-state index in [-0.39, 0.29) is 0 Å². The number of hydrogen-bond acceptors (Lipinski definition) is 4. The van der Waals surface area contributed by atoms with Crippen molar-refractivity contribution in [2.45, 2.75) is 25.4 Å². The van der Waals surface area contributed by atoms with Crippen molar-refractivity contribution in [1.82, 2.24) is 10.3 Å². The van der Waals surface area contributed by atoms with Crippen molar-refractivity contribution in [3.8, 4) is 16.3 Å². The molecule has 0 spiro atoms. The van der Waals surface area contributed by atoms with E-state index < -0.39 is 0 Å². The lowest BCUT2D eigenvalue weighted by Crippen LogP contribution is -2.14. The maximum atomic E-state index is 5.23. The van der Waals surface area contributed by atoms with Gasteiger partial charge in [0.2, 0.25) is 0 Å². The minimum atomic E-state index is 0.743. The van der Waals surface area contributed by atoms with Crippen molar-refractivity contribution in [3.63, 3.8) is 0 Å². The molecule has 3 nitrogen and oxygen atoms in total. The van der Waals surface area contributed by atoms with Crippen LogP contribution in [0.25, 0.3) is 10.6 Å². The van der Waals surface area contributed by atoms with Gasteiger partial charge in [-0.3, -0.25) is 0 Å². The molecule has 3 rings (SSSR count). The van der Waals surface area contributed by atoms with Gasteiger partial charge in [0.25, 0.3) is 0 Å². The van der Waals surface area contributed by atoms with Crippen LogP contribution in [-0.4, -0.2) is 18.1 Å². The number of benzene rings is 1. The van der Waals surface area contributed by atoms with Crippen molar-refractivity contribution in [2.24, 2.45) is 0 Å². The van der Waals surface area contributed by atoms with Crippen molar-refractivity contribution in [3.05, 3.63) is 35.3 Å². The largest absolute Gasteiger partial charge is 0.497 e. The molecular weight excluding hydrogens is 244 g/mol. The van der Waals surface area contributed by atoms with Crippen LogP contribution in [0.15, 0.2) is 30.5 Å². The van der Waals surface area contributed by atoms with Gasteiger partial charge in [-0.15, -0.1) is 11.3 Å². The minimum Gasteiger partial charge on any atom is -0.497 e. The number of nitrogens with zero attached hydrogens (tertiary/aromatic N) is 1. The lowest BCUT2D eigenvalue weighted by Gasteiger charge is -2.01. The molecule has 0 unspecified atom stereocenters. The standard InChI is InChI=1S/C14H16N2OS/c1-17-12-4-2-3-10(7-12)14-16-9-13(18-14)8-15-11-5-6-11/h2-4,7,9,11,15H,5-6,8H2,1H3. The second kappa shape index (κ2) is 5.08. The quantitative estimate of drug-likeness (QED) is 0.897. The Hall–Kier alpha value is -1.39. The molecule has 1 aromatic carbocycles. The Balaban J connectivity index is 1.74. The second-order valence-electron chi connectivity index (χ2n) is 4.52. The molecule has 1 saturated carbocycles. The van der Waals surface area contributed by atoms with Gasteiger partial charge in [0.1, 0.15) is 10.8 Å². The molecule has 94 valence electrons. The van der Waals surface area contributed by atoms with Gasteiger partial charge >= 0.3 is 0 Å². The zero-order chi connectivity index (χ0) is 12.4. The Bertz CT molecular complexity index is 534. The summed E-state index contributed by atoms with van der Waals surface area (Å²) in [4.78, 5) is 5.77. The lowest BCUT2D eigenvalue weighted by molar-refractivity contribution is 0.415. The van der Waals surface area contributed by atoms with Crippen LogP contribution >= 0.6 is 11.3 Å². The van der Waals surface area contributed by atoms with E-state index in [0.29, 0.717) is 0 Å². The van der Waals surface area contributed by atoms with E-state index in [1.54, 1.807) is 18.4 Å². The van der Waals surface area contributed by atoms with Crippen molar-refractivity contribution in [1.29, 1.82) is 0 Å². The van der Waals surface area contributed by atoms with E-state index >= 15 is 0 Å². The Labute approximate surface area is 111 Å². The predicted molar refractivity (Wildman–Crippen MR) is 74.0 cm³/mol. The number of hydrogen-bond donors (Lipinski definition) is 1. The number of rotatable bonds is 5. The van der Waals surface area contributed by atoms with Gasteiger partial charge in [0, 0.05) is 29.2 Å². The van der Waals surface area contributed by atoms with E-state index in [4.69, 9.17) is 4.74 Å². The summed E-state index contributed by atoms with van der Waals surface area (Å²) in [6, 6.07) is 8.79. The summed E-state index contributed by atoms with van der Waals surface area (Å²) in [5.74, 6) is 0.875. The molecule has 0 saturated heterocycles. The minimum absolute atomic E-state index is 0.743. The summed E-state index contributed by atoms with van der Waals surface area (Å²) in [7, 11) is 1.69. The van der Waals surface area contributed by atoms with Crippen LogP contribution in [0.3, 0.4) is 0 Å². The maximum Gasteiger partial charge on any atom is 0.123 e. The zero-order valence-electron chi connectivity index (χ0n) is 10.3. The molecule has 1 aliphatic rings. The first-order valence-corrected chi connectivity index (χ1v) is 6.99. The van der Waals surface area contributed by atoms with E-state index in [9.17, 15) is 0 Å². The highest BCUT2D eigenvalue weighted by Crippen LogP contribution is 2.28. The van der Waals surface area contributed by atoms with Crippen LogP contribution in [0.1, 0.15) is 17.7 Å². The first kappa shape index (κ1) is 11.7. The number of aromatic nitrogens is 1. The molecule has 0 atom stereocenters. The maximum absolute atomic E-state index is 5.23. The van der Waals surface area contributed by atoms with Crippen LogP contribution in [0.4, 0.5) is 0 Å². The Morgan fingerprint density at radius 1 is 1.44 bits per heavy atom.